The van der Waals surface area contributed by atoms with Crippen LogP contribution in [0, 0.1) is 12.8 Å². The van der Waals surface area contributed by atoms with E-state index in [4.69, 9.17) is 4.84 Å². The lowest BCUT2D eigenvalue weighted by Crippen LogP contribution is -2.49. The number of hydroxylamine groups is 2. The Hall–Kier alpha value is -1.50. The van der Waals surface area contributed by atoms with E-state index in [1.807, 2.05) is 0 Å². The Balaban J connectivity index is 1.20. The Bertz CT molecular complexity index is 646. The second-order valence-corrected chi connectivity index (χ2v) is 8.57. The number of carbonyl (C=O) groups is 1. The first kappa shape index (κ1) is 19.8. The number of carbonyl (C=O) groups excluding carboxylic acids is 1. The van der Waals surface area contributed by atoms with Gasteiger partial charge in [0.25, 0.3) is 0 Å². The summed E-state index contributed by atoms with van der Waals surface area (Å²) < 4.78 is 0. The minimum absolute atomic E-state index is 0.154. The Morgan fingerprint density at radius 3 is 2.54 bits per heavy atom. The van der Waals surface area contributed by atoms with Crippen molar-refractivity contribution < 1.29 is 9.63 Å². The molecular formula is C22H34N4O2. The van der Waals surface area contributed by atoms with Crippen molar-refractivity contribution in [3.63, 3.8) is 0 Å². The molecule has 154 valence electrons. The molecule has 0 N–H and O–H groups in total. The summed E-state index contributed by atoms with van der Waals surface area (Å²) in [7, 11) is 0. The van der Waals surface area contributed by atoms with Crippen LogP contribution in [0.15, 0.2) is 18.2 Å². The van der Waals surface area contributed by atoms with Crippen LogP contribution in [0.2, 0.25) is 0 Å². The fraction of sp³-hybridized carbons (Fsp3) is 0.727. The molecule has 4 rings (SSSR count). The summed E-state index contributed by atoms with van der Waals surface area (Å²) in [6, 6.07) is 6.96. The van der Waals surface area contributed by atoms with Crippen LogP contribution < -0.4 is 0 Å². The van der Waals surface area contributed by atoms with E-state index < -0.39 is 0 Å². The number of likely N-dealkylation sites (tertiary alicyclic amines) is 2. The monoisotopic (exact) mass is 386 g/mol. The maximum absolute atomic E-state index is 12.6. The third kappa shape index (κ3) is 4.91. The molecule has 28 heavy (non-hydrogen) atoms. The highest BCUT2D eigenvalue weighted by Crippen LogP contribution is 2.26. The Kier molecular flexibility index (Phi) is 6.60. The van der Waals surface area contributed by atoms with Gasteiger partial charge in [-0.2, -0.15) is 0 Å². The van der Waals surface area contributed by atoms with Crippen LogP contribution in [0.25, 0.3) is 0 Å². The highest BCUT2D eigenvalue weighted by atomic mass is 16.7. The molecule has 0 saturated carbocycles. The molecule has 1 amide bonds. The zero-order valence-electron chi connectivity index (χ0n) is 17.2. The van der Waals surface area contributed by atoms with Gasteiger partial charge in [0.1, 0.15) is 0 Å². The van der Waals surface area contributed by atoms with Crippen LogP contribution in [0.5, 0.6) is 0 Å². The molecule has 6 heteroatoms. The Labute approximate surface area is 168 Å². The number of pyridine rings is 1. The predicted molar refractivity (Wildman–Crippen MR) is 108 cm³/mol. The molecule has 0 bridgehead atoms. The number of rotatable bonds is 4. The minimum atomic E-state index is 0.154. The van der Waals surface area contributed by atoms with E-state index in [2.05, 4.69) is 39.9 Å². The van der Waals surface area contributed by atoms with Crippen LogP contribution in [0.1, 0.15) is 49.9 Å². The summed E-state index contributed by atoms with van der Waals surface area (Å²) in [5.41, 5.74) is 2.28. The maximum Gasteiger partial charge on any atom is 0.249 e. The molecule has 0 atom stereocenters. The molecule has 3 aliphatic heterocycles. The summed E-state index contributed by atoms with van der Waals surface area (Å²) >= 11 is 0. The third-order valence-electron chi connectivity index (χ3n) is 6.53. The Morgan fingerprint density at radius 2 is 1.86 bits per heavy atom. The van der Waals surface area contributed by atoms with Crippen molar-refractivity contribution in [3.05, 3.63) is 29.6 Å². The lowest BCUT2D eigenvalue weighted by Gasteiger charge is -2.42. The molecule has 6 nitrogen and oxygen atoms in total. The second kappa shape index (κ2) is 9.33. The smallest absolute Gasteiger partial charge is 0.249 e. The zero-order valence-corrected chi connectivity index (χ0v) is 17.2. The zero-order chi connectivity index (χ0) is 19.3. The molecule has 0 radical (unpaired) electrons. The van der Waals surface area contributed by atoms with E-state index in [-0.39, 0.29) is 11.8 Å². The average molecular weight is 387 g/mol. The molecule has 0 aromatic carbocycles. The first-order valence-electron chi connectivity index (χ1n) is 11.0. The molecule has 0 spiro atoms. The highest BCUT2D eigenvalue weighted by molar-refractivity contribution is 5.78. The van der Waals surface area contributed by atoms with Crippen molar-refractivity contribution in [2.45, 2.75) is 58.0 Å². The molecule has 3 saturated heterocycles. The topological polar surface area (TPSA) is 48.9 Å². The lowest BCUT2D eigenvalue weighted by atomic mass is 9.92. The number of aromatic nitrogens is 1. The summed E-state index contributed by atoms with van der Waals surface area (Å²) in [6.07, 6.45) is 6.54. The average Bonchev–Trinajstić information content (AvgIpc) is 2.75. The van der Waals surface area contributed by atoms with E-state index in [9.17, 15) is 4.79 Å². The Morgan fingerprint density at radius 1 is 1.07 bits per heavy atom. The number of aryl methyl sites for hydroxylation is 1. The van der Waals surface area contributed by atoms with Crippen LogP contribution in [-0.4, -0.2) is 71.1 Å². The van der Waals surface area contributed by atoms with Crippen LogP contribution in [-0.2, 0) is 16.2 Å². The van der Waals surface area contributed by atoms with Gasteiger partial charge < -0.3 is 4.90 Å². The molecule has 4 heterocycles. The largest absolute Gasteiger partial charge is 0.300 e. The van der Waals surface area contributed by atoms with Gasteiger partial charge in [0.2, 0.25) is 5.91 Å². The number of hydrogen-bond donors (Lipinski definition) is 0. The predicted octanol–water partition coefficient (Wildman–Crippen LogP) is 2.62. The quantitative estimate of drug-likeness (QED) is 0.796. The van der Waals surface area contributed by atoms with Crippen molar-refractivity contribution >= 4 is 5.91 Å². The van der Waals surface area contributed by atoms with Crippen molar-refractivity contribution in [2.75, 3.05) is 39.3 Å². The van der Waals surface area contributed by atoms with Crippen molar-refractivity contribution in [1.29, 1.82) is 0 Å². The van der Waals surface area contributed by atoms with E-state index in [1.54, 1.807) is 5.06 Å². The van der Waals surface area contributed by atoms with Crippen molar-refractivity contribution in [1.82, 2.24) is 19.8 Å². The van der Waals surface area contributed by atoms with Crippen molar-refractivity contribution in [3.8, 4) is 0 Å². The number of piperidine rings is 2. The highest BCUT2D eigenvalue weighted by Gasteiger charge is 2.33. The molecule has 0 aliphatic carbocycles. The molecule has 1 aromatic heterocycles. The van der Waals surface area contributed by atoms with Crippen LogP contribution in [0.4, 0.5) is 0 Å². The molecular weight excluding hydrogens is 352 g/mol. The van der Waals surface area contributed by atoms with Gasteiger partial charge in [-0.25, -0.2) is 5.06 Å². The number of hydrogen-bond acceptors (Lipinski definition) is 5. The maximum atomic E-state index is 12.6. The fourth-order valence-corrected chi connectivity index (χ4v) is 4.85. The van der Waals surface area contributed by atoms with Crippen molar-refractivity contribution in [2.24, 2.45) is 5.92 Å². The van der Waals surface area contributed by atoms with Gasteiger partial charge in [0.05, 0.1) is 12.3 Å². The van der Waals surface area contributed by atoms with E-state index >= 15 is 0 Å². The summed E-state index contributed by atoms with van der Waals surface area (Å²) in [5.74, 6) is 0.377. The standard InChI is InChI=1S/C22H34N4O2/c1-18-5-4-6-20(23-18)17-24-12-9-21(10-13-24)25-14-7-19(8-15-25)22(27)26-11-2-3-16-28-26/h4-6,19,21H,2-3,7-17H2,1H3. The van der Waals surface area contributed by atoms with Gasteiger partial charge >= 0.3 is 0 Å². The van der Waals surface area contributed by atoms with Gasteiger partial charge in [-0.3, -0.25) is 19.5 Å². The first-order chi connectivity index (χ1) is 13.7. The van der Waals surface area contributed by atoms with Gasteiger partial charge in [-0.1, -0.05) is 6.07 Å². The normalized spacial score (nSPS) is 23.8. The molecule has 0 unspecified atom stereocenters. The molecule has 1 aromatic rings. The minimum Gasteiger partial charge on any atom is -0.300 e. The van der Waals surface area contributed by atoms with Gasteiger partial charge in [-0.15, -0.1) is 0 Å². The summed E-state index contributed by atoms with van der Waals surface area (Å²) in [5, 5.41) is 1.64. The second-order valence-electron chi connectivity index (χ2n) is 8.57. The summed E-state index contributed by atoms with van der Waals surface area (Å²) in [4.78, 5) is 28.0. The number of amides is 1. The van der Waals surface area contributed by atoms with Gasteiger partial charge in [0.15, 0.2) is 0 Å². The van der Waals surface area contributed by atoms with Gasteiger partial charge in [0, 0.05) is 43.8 Å². The van der Waals surface area contributed by atoms with E-state index in [0.717, 1.165) is 70.6 Å². The lowest BCUT2D eigenvalue weighted by molar-refractivity contribution is -0.202. The summed E-state index contributed by atoms with van der Waals surface area (Å²) in [6.45, 7) is 8.86. The van der Waals surface area contributed by atoms with Crippen LogP contribution >= 0.6 is 0 Å². The SMILES string of the molecule is Cc1cccc(CN2CCC(N3CCC(C(=O)N4CCCCO4)CC3)CC2)n1. The molecule has 3 fully saturated rings. The van der Waals surface area contributed by atoms with Gasteiger partial charge in [-0.05, 0) is 70.7 Å². The molecule has 3 aliphatic rings. The van der Waals surface area contributed by atoms with E-state index in [0.29, 0.717) is 12.6 Å². The van der Waals surface area contributed by atoms with Crippen LogP contribution in [0.3, 0.4) is 0 Å². The fourth-order valence-electron chi connectivity index (χ4n) is 4.85. The number of nitrogens with zero attached hydrogens (tertiary/aromatic N) is 4. The van der Waals surface area contributed by atoms with E-state index in [1.165, 1.54) is 18.5 Å². The third-order valence-corrected chi connectivity index (χ3v) is 6.53. The first-order valence-corrected chi connectivity index (χ1v) is 11.0.